The van der Waals surface area contributed by atoms with E-state index in [2.05, 4.69) is 5.16 Å². The van der Waals surface area contributed by atoms with Gasteiger partial charge in [-0.3, -0.25) is 4.79 Å². The maximum absolute atomic E-state index is 12.3. The van der Waals surface area contributed by atoms with Gasteiger partial charge in [-0.2, -0.15) is 0 Å². The van der Waals surface area contributed by atoms with Crippen molar-refractivity contribution in [2.75, 3.05) is 26.3 Å². The van der Waals surface area contributed by atoms with E-state index in [1.54, 1.807) is 11.0 Å². The van der Waals surface area contributed by atoms with Gasteiger partial charge in [0.25, 0.3) is 5.91 Å². The van der Waals surface area contributed by atoms with Crippen LogP contribution in [0.25, 0.3) is 0 Å². The Balaban J connectivity index is 1.72. The Kier molecular flexibility index (Phi) is 3.79. The molecule has 1 aliphatic rings. The molecule has 112 valence electrons. The second-order valence-corrected chi connectivity index (χ2v) is 5.15. The van der Waals surface area contributed by atoms with Crippen LogP contribution in [0.4, 0.5) is 0 Å². The zero-order chi connectivity index (χ0) is 14.8. The predicted octanol–water partition coefficient (Wildman–Crippen LogP) is 1.95. The maximum Gasteiger partial charge on any atom is 0.289 e. The highest BCUT2D eigenvalue weighted by Gasteiger charge is 2.22. The fourth-order valence-electron chi connectivity index (χ4n) is 2.44. The molecule has 1 saturated heterocycles. The molecule has 2 aromatic rings. The quantitative estimate of drug-likeness (QED) is 0.864. The Hall–Kier alpha value is -2.08. The molecule has 0 atom stereocenters. The number of rotatable bonds is 3. The number of ether oxygens (including phenoxy) is 1. The molecular formula is C15H18N2O4. The Labute approximate surface area is 122 Å². The van der Waals surface area contributed by atoms with Crippen molar-refractivity contribution in [3.63, 3.8) is 0 Å². The molecule has 3 heterocycles. The summed E-state index contributed by atoms with van der Waals surface area (Å²) in [5.41, 5.74) is 1.86. The number of morpholine rings is 1. The average Bonchev–Trinajstić information content (AvgIpc) is 3.10. The number of hydrogen-bond acceptors (Lipinski definition) is 5. The first-order chi connectivity index (χ1) is 10.1. The zero-order valence-electron chi connectivity index (χ0n) is 12.2. The van der Waals surface area contributed by atoms with E-state index in [4.69, 9.17) is 13.7 Å². The summed E-state index contributed by atoms with van der Waals surface area (Å²) in [7, 11) is 0. The van der Waals surface area contributed by atoms with Crippen LogP contribution in [0.15, 0.2) is 21.1 Å². The minimum atomic E-state index is -0.0803. The van der Waals surface area contributed by atoms with Gasteiger partial charge in [0.1, 0.15) is 11.5 Å². The van der Waals surface area contributed by atoms with Crippen molar-refractivity contribution in [2.24, 2.45) is 0 Å². The average molecular weight is 290 g/mol. The lowest BCUT2D eigenvalue weighted by molar-refractivity contribution is 0.0282. The molecule has 0 spiro atoms. The normalized spacial score (nSPS) is 15.4. The predicted molar refractivity (Wildman–Crippen MR) is 74.2 cm³/mol. The van der Waals surface area contributed by atoms with Crippen molar-refractivity contribution in [3.8, 4) is 0 Å². The largest absolute Gasteiger partial charge is 0.456 e. The van der Waals surface area contributed by atoms with E-state index in [0.29, 0.717) is 38.5 Å². The molecule has 21 heavy (non-hydrogen) atoms. The molecule has 0 radical (unpaired) electrons. The van der Waals surface area contributed by atoms with Gasteiger partial charge in [-0.25, -0.2) is 0 Å². The highest BCUT2D eigenvalue weighted by atomic mass is 16.5. The molecule has 1 aliphatic heterocycles. The first kappa shape index (κ1) is 13.9. The fraction of sp³-hybridized carbons (Fsp3) is 0.467. The summed E-state index contributed by atoms with van der Waals surface area (Å²) in [6.07, 6.45) is 0.581. The lowest BCUT2D eigenvalue weighted by Gasteiger charge is -2.25. The number of nitrogens with zero attached hydrogens (tertiary/aromatic N) is 2. The lowest BCUT2D eigenvalue weighted by atomic mass is 10.1. The molecule has 6 nitrogen and oxygen atoms in total. The summed E-state index contributed by atoms with van der Waals surface area (Å²) in [6, 6.07) is 3.56. The highest BCUT2D eigenvalue weighted by molar-refractivity contribution is 5.91. The van der Waals surface area contributed by atoms with Gasteiger partial charge in [0.15, 0.2) is 5.76 Å². The molecule has 0 N–H and O–H groups in total. The fourth-order valence-corrected chi connectivity index (χ4v) is 2.44. The number of carbonyl (C=O) groups is 1. The zero-order valence-corrected chi connectivity index (χ0v) is 12.2. The van der Waals surface area contributed by atoms with Gasteiger partial charge in [0, 0.05) is 25.1 Å². The van der Waals surface area contributed by atoms with E-state index < -0.39 is 0 Å². The van der Waals surface area contributed by atoms with E-state index in [-0.39, 0.29) is 5.91 Å². The molecule has 0 saturated carbocycles. The molecular weight excluding hydrogens is 272 g/mol. The Morgan fingerprint density at radius 3 is 2.71 bits per heavy atom. The van der Waals surface area contributed by atoms with Gasteiger partial charge in [0.2, 0.25) is 0 Å². The third-order valence-electron chi connectivity index (χ3n) is 3.70. The van der Waals surface area contributed by atoms with Crippen LogP contribution in [-0.4, -0.2) is 42.3 Å². The second-order valence-electron chi connectivity index (χ2n) is 5.15. The van der Waals surface area contributed by atoms with Crippen molar-refractivity contribution in [2.45, 2.75) is 20.3 Å². The molecule has 2 aromatic heterocycles. The minimum absolute atomic E-state index is 0.0803. The number of furan rings is 1. The molecule has 0 unspecified atom stereocenters. The summed E-state index contributed by atoms with van der Waals surface area (Å²) in [5.74, 6) is 1.81. The summed E-state index contributed by atoms with van der Waals surface area (Å²) in [6.45, 7) is 6.15. The second kappa shape index (κ2) is 5.73. The minimum Gasteiger partial charge on any atom is -0.456 e. The van der Waals surface area contributed by atoms with E-state index >= 15 is 0 Å². The third-order valence-corrected chi connectivity index (χ3v) is 3.70. The van der Waals surface area contributed by atoms with Crippen LogP contribution in [0.3, 0.4) is 0 Å². The number of carbonyl (C=O) groups excluding carboxylic acids is 1. The van der Waals surface area contributed by atoms with Crippen molar-refractivity contribution in [1.82, 2.24) is 10.1 Å². The molecule has 3 rings (SSSR count). The molecule has 1 amide bonds. The van der Waals surface area contributed by atoms with Crippen LogP contribution in [0.2, 0.25) is 0 Å². The van der Waals surface area contributed by atoms with E-state index in [1.807, 2.05) is 19.9 Å². The summed E-state index contributed by atoms with van der Waals surface area (Å²) < 4.78 is 16.1. The molecule has 0 aliphatic carbocycles. The van der Waals surface area contributed by atoms with Crippen molar-refractivity contribution < 1.29 is 18.5 Å². The molecule has 0 aromatic carbocycles. The highest BCUT2D eigenvalue weighted by Crippen LogP contribution is 2.20. The van der Waals surface area contributed by atoms with Crippen LogP contribution >= 0.6 is 0 Å². The van der Waals surface area contributed by atoms with Crippen LogP contribution in [0, 0.1) is 13.8 Å². The van der Waals surface area contributed by atoms with E-state index in [9.17, 15) is 4.79 Å². The first-order valence-electron chi connectivity index (χ1n) is 7.02. The van der Waals surface area contributed by atoms with Gasteiger partial charge in [-0.1, -0.05) is 5.16 Å². The third kappa shape index (κ3) is 2.85. The van der Waals surface area contributed by atoms with Crippen LogP contribution < -0.4 is 0 Å². The van der Waals surface area contributed by atoms with Crippen LogP contribution in [0.5, 0.6) is 0 Å². The van der Waals surface area contributed by atoms with Crippen molar-refractivity contribution in [1.29, 1.82) is 0 Å². The Morgan fingerprint density at radius 2 is 2.05 bits per heavy atom. The van der Waals surface area contributed by atoms with Crippen molar-refractivity contribution in [3.05, 3.63) is 40.7 Å². The van der Waals surface area contributed by atoms with Crippen molar-refractivity contribution >= 4 is 5.91 Å². The van der Waals surface area contributed by atoms with E-state index in [0.717, 1.165) is 22.8 Å². The summed E-state index contributed by atoms with van der Waals surface area (Å²) >= 11 is 0. The lowest BCUT2D eigenvalue weighted by Crippen LogP contribution is -2.40. The Morgan fingerprint density at radius 1 is 1.29 bits per heavy atom. The number of amides is 1. The monoisotopic (exact) mass is 290 g/mol. The summed E-state index contributed by atoms with van der Waals surface area (Å²) in [4.78, 5) is 14.0. The van der Waals surface area contributed by atoms with Gasteiger partial charge in [-0.05, 0) is 26.0 Å². The van der Waals surface area contributed by atoms with Crippen LogP contribution in [-0.2, 0) is 11.2 Å². The SMILES string of the molecule is Cc1noc(C)c1Cc1ccc(C(=O)N2CCOCC2)o1. The standard InChI is InChI=1S/C15H18N2O4/c1-10-13(11(2)21-16-10)9-12-3-4-14(20-12)15(18)17-5-7-19-8-6-17/h3-4H,5-9H2,1-2H3. The van der Waals surface area contributed by atoms with Gasteiger partial charge >= 0.3 is 0 Å². The smallest absolute Gasteiger partial charge is 0.289 e. The van der Waals surface area contributed by atoms with Gasteiger partial charge in [-0.15, -0.1) is 0 Å². The summed E-state index contributed by atoms with van der Waals surface area (Å²) in [5, 5.41) is 3.92. The molecule has 6 heteroatoms. The molecule has 0 bridgehead atoms. The number of aromatic nitrogens is 1. The maximum atomic E-state index is 12.3. The molecule has 1 fully saturated rings. The topological polar surface area (TPSA) is 68.7 Å². The number of aryl methyl sites for hydroxylation is 2. The van der Waals surface area contributed by atoms with Gasteiger partial charge in [0.05, 0.1) is 18.9 Å². The Bertz CT molecular complexity index is 618. The first-order valence-corrected chi connectivity index (χ1v) is 7.02. The van der Waals surface area contributed by atoms with Gasteiger partial charge < -0.3 is 18.6 Å². The number of hydrogen-bond donors (Lipinski definition) is 0. The van der Waals surface area contributed by atoms with E-state index in [1.165, 1.54) is 0 Å². The van der Waals surface area contributed by atoms with Crippen LogP contribution in [0.1, 0.15) is 33.3 Å².